The van der Waals surface area contributed by atoms with Gasteiger partial charge in [0.2, 0.25) is 17.7 Å². The monoisotopic (exact) mass is 374 g/mol. The lowest BCUT2D eigenvalue weighted by molar-refractivity contribution is -0.133. The van der Waals surface area contributed by atoms with E-state index >= 15 is 0 Å². The van der Waals surface area contributed by atoms with Crippen molar-refractivity contribution >= 4 is 17.7 Å². The molecular formula is C19H23FN4O3. The first kappa shape index (κ1) is 19.0. The van der Waals surface area contributed by atoms with E-state index in [1.54, 1.807) is 36.1 Å². The molecule has 0 radical (unpaired) electrons. The van der Waals surface area contributed by atoms with E-state index in [0.29, 0.717) is 43.3 Å². The SMILES string of the molecule is Cc1cc(NC(=O)[C@H](C)N2CCN(C(=O)Cc3ccccc3F)CC2)on1. The van der Waals surface area contributed by atoms with Crippen LogP contribution in [0.3, 0.4) is 0 Å². The van der Waals surface area contributed by atoms with Gasteiger partial charge in [0.05, 0.1) is 18.2 Å². The second-order valence-electron chi connectivity index (χ2n) is 6.68. The van der Waals surface area contributed by atoms with Crippen molar-refractivity contribution in [1.82, 2.24) is 15.0 Å². The second kappa shape index (κ2) is 8.30. The van der Waals surface area contributed by atoms with Gasteiger partial charge in [-0.2, -0.15) is 0 Å². The Labute approximate surface area is 157 Å². The number of carbonyl (C=O) groups excluding carboxylic acids is 2. The zero-order chi connectivity index (χ0) is 19.4. The van der Waals surface area contributed by atoms with Gasteiger partial charge in [0, 0.05) is 32.2 Å². The average Bonchev–Trinajstić information content (AvgIpc) is 3.07. The first-order valence-electron chi connectivity index (χ1n) is 8.93. The topological polar surface area (TPSA) is 78.7 Å². The summed E-state index contributed by atoms with van der Waals surface area (Å²) >= 11 is 0. The summed E-state index contributed by atoms with van der Waals surface area (Å²) in [6, 6.07) is 7.61. The number of hydrogen-bond acceptors (Lipinski definition) is 5. The Hall–Kier alpha value is -2.74. The summed E-state index contributed by atoms with van der Waals surface area (Å²) < 4.78 is 18.7. The normalized spacial score (nSPS) is 16.2. The van der Waals surface area contributed by atoms with E-state index in [9.17, 15) is 14.0 Å². The molecule has 8 heteroatoms. The van der Waals surface area contributed by atoms with Crippen LogP contribution in [0.5, 0.6) is 0 Å². The molecule has 0 saturated carbocycles. The number of piperazine rings is 1. The largest absolute Gasteiger partial charge is 0.340 e. The minimum Gasteiger partial charge on any atom is -0.340 e. The molecule has 0 aliphatic carbocycles. The number of anilines is 1. The van der Waals surface area contributed by atoms with Gasteiger partial charge in [0.25, 0.3) is 0 Å². The van der Waals surface area contributed by atoms with E-state index in [-0.39, 0.29) is 30.1 Å². The van der Waals surface area contributed by atoms with Crippen LogP contribution >= 0.6 is 0 Å². The first-order valence-corrected chi connectivity index (χ1v) is 8.93. The molecular weight excluding hydrogens is 351 g/mol. The zero-order valence-electron chi connectivity index (χ0n) is 15.4. The lowest BCUT2D eigenvalue weighted by atomic mass is 10.1. The molecule has 1 saturated heterocycles. The number of carbonyl (C=O) groups is 2. The van der Waals surface area contributed by atoms with Crippen LogP contribution in [0.15, 0.2) is 34.9 Å². The van der Waals surface area contributed by atoms with Crippen LogP contribution in [0.4, 0.5) is 10.3 Å². The number of halogens is 1. The highest BCUT2D eigenvalue weighted by Gasteiger charge is 2.28. The van der Waals surface area contributed by atoms with Crippen LogP contribution < -0.4 is 5.32 Å². The Morgan fingerprint density at radius 3 is 2.59 bits per heavy atom. The summed E-state index contributed by atoms with van der Waals surface area (Å²) in [6.07, 6.45) is 0.0492. The molecule has 1 aliphatic heterocycles. The summed E-state index contributed by atoms with van der Waals surface area (Å²) in [5.41, 5.74) is 1.10. The second-order valence-corrected chi connectivity index (χ2v) is 6.68. The Morgan fingerprint density at radius 1 is 1.26 bits per heavy atom. The van der Waals surface area contributed by atoms with Crippen LogP contribution in [0.25, 0.3) is 0 Å². The van der Waals surface area contributed by atoms with Gasteiger partial charge in [-0.3, -0.25) is 19.8 Å². The van der Waals surface area contributed by atoms with Crippen molar-refractivity contribution in [2.75, 3.05) is 31.5 Å². The Kier molecular flexibility index (Phi) is 5.85. The highest BCUT2D eigenvalue weighted by molar-refractivity contribution is 5.93. The molecule has 1 aromatic heterocycles. The Morgan fingerprint density at radius 2 is 1.96 bits per heavy atom. The molecule has 2 heterocycles. The molecule has 2 aromatic rings. The number of rotatable bonds is 5. The lowest BCUT2D eigenvalue weighted by Gasteiger charge is -2.37. The van der Waals surface area contributed by atoms with E-state index in [4.69, 9.17) is 4.52 Å². The van der Waals surface area contributed by atoms with Gasteiger partial charge in [0.15, 0.2) is 0 Å². The van der Waals surface area contributed by atoms with Crippen molar-refractivity contribution in [1.29, 1.82) is 0 Å². The molecule has 2 amide bonds. The predicted octanol–water partition coefficient (Wildman–Crippen LogP) is 1.84. The highest BCUT2D eigenvalue weighted by atomic mass is 19.1. The van der Waals surface area contributed by atoms with Crippen molar-refractivity contribution in [2.45, 2.75) is 26.3 Å². The van der Waals surface area contributed by atoms with E-state index in [1.165, 1.54) is 6.07 Å². The van der Waals surface area contributed by atoms with Crippen molar-refractivity contribution in [3.8, 4) is 0 Å². The quantitative estimate of drug-likeness (QED) is 0.864. The van der Waals surface area contributed by atoms with Gasteiger partial charge < -0.3 is 9.42 Å². The number of nitrogens with zero attached hydrogens (tertiary/aromatic N) is 3. The third kappa shape index (κ3) is 4.71. The molecule has 1 N–H and O–H groups in total. The Bertz CT molecular complexity index is 815. The fraction of sp³-hybridized carbons (Fsp3) is 0.421. The van der Waals surface area contributed by atoms with Crippen LogP contribution in [-0.4, -0.2) is 59.0 Å². The molecule has 1 aromatic carbocycles. The fourth-order valence-corrected chi connectivity index (χ4v) is 3.09. The van der Waals surface area contributed by atoms with Gasteiger partial charge in [-0.1, -0.05) is 23.4 Å². The van der Waals surface area contributed by atoms with E-state index in [1.807, 2.05) is 11.8 Å². The zero-order valence-corrected chi connectivity index (χ0v) is 15.4. The number of aromatic nitrogens is 1. The molecule has 3 rings (SSSR count). The Balaban J connectivity index is 1.49. The molecule has 1 atom stereocenters. The smallest absolute Gasteiger partial charge is 0.243 e. The van der Waals surface area contributed by atoms with Crippen molar-refractivity contribution in [3.63, 3.8) is 0 Å². The minimum absolute atomic E-state index is 0.0492. The van der Waals surface area contributed by atoms with Gasteiger partial charge >= 0.3 is 0 Å². The number of aryl methyl sites for hydroxylation is 1. The predicted molar refractivity (Wildman–Crippen MR) is 97.6 cm³/mol. The van der Waals surface area contributed by atoms with Crippen molar-refractivity contribution < 1.29 is 18.5 Å². The third-order valence-electron chi connectivity index (χ3n) is 4.77. The summed E-state index contributed by atoms with van der Waals surface area (Å²) in [6.45, 7) is 5.76. The standard InChI is InChI=1S/C19H23FN4O3/c1-13-11-17(27-22-13)21-19(26)14(2)23-7-9-24(10-8-23)18(25)12-15-5-3-4-6-16(15)20/h3-6,11,14H,7-10,12H2,1-2H3,(H,21,26)/t14-/m0/s1. The molecule has 144 valence electrons. The lowest BCUT2D eigenvalue weighted by Crippen LogP contribution is -2.54. The molecule has 0 spiro atoms. The van der Waals surface area contributed by atoms with Crippen LogP contribution in [0, 0.1) is 12.7 Å². The van der Waals surface area contributed by atoms with Crippen LogP contribution in [-0.2, 0) is 16.0 Å². The third-order valence-corrected chi connectivity index (χ3v) is 4.77. The van der Waals surface area contributed by atoms with Gasteiger partial charge in [-0.25, -0.2) is 4.39 Å². The summed E-state index contributed by atoms with van der Waals surface area (Å²) in [7, 11) is 0. The van der Waals surface area contributed by atoms with Crippen molar-refractivity contribution in [3.05, 3.63) is 47.4 Å². The van der Waals surface area contributed by atoms with E-state index in [2.05, 4.69) is 10.5 Å². The maximum atomic E-state index is 13.7. The fourth-order valence-electron chi connectivity index (χ4n) is 3.09. The number of hydrogen-bond donors (Lipinski definition) is 1. The number of nitrogens with one attached hydrogen (secondary N) is 1. The molecule has 0 unspecified atom stereocenters. The number of benzene rings is 1. The van der Waals surface area contributed by atoms with Gasteiger partial charge in [-0.15, -0.1) is 0 Å². The minimum atomic E-state index is -0.363. The van der Waals surface area contributed by atoms with Crippen LogP contribution in [0.1, 0.15) is 18.2 Å². The van der Waals surface area contributed by atoms with Gasteiger partial charge in [0.1, 0.15) is 5.82 Å². The summed E-state index contributed by atoms with van der Waals surface area (Å²) in [5, 5.41) is 6.44. The maximum absolute atomic E-state index is 13.7. The molecule has 7 nitrogen and oxygen atoms in total. The van der Waals surface area contributed by atoms with E-state index < -0.39 is 0 Å². The summed E-state index contributed by atoms with van der Waals surface area (Å²) in [5.74, 6) is -0.327. The molecule has 0 bridgehead atoms. The summed E-state index contributed by atoms with van der Waals surface area (Å²) in [4.78, 5) is 28.5. The average molecular weight is 374 g/mol. The van der Waals surface area contributed by atoms with E-state index in [0.717, 1.165) is 0 Å². The highest BCUT2D eigenvalue weighted by Crippen LogP contribution is 2.14. The maximum Gasteiger partial charge on any atom is 0.243 e. The van der Waals surface area contributed by atoms with Crippen LogP contribution in [0.2, 0.25) is 0 Å². The molecule has 1 aliphatic rings. The first-order chi connectivity index (χ1) is 12.9. The number of amides is 2. The van der Waals surface area contributed by atoms with Gasteiger partial charge in [-0.05, 0) is 25.5 Å². The van der Waals surface area contributed by atoms with Crippen molar-refractivity contribution in [2.24, 2.45) is 0 Å². The molecule has 27 heavy (non-hydrogen) atoms. The molecule has 1 fully saturated rings.